The molecule has 1 aromatic carbocycles. The maximum atomic E-state index is 13.3. The molecule has 0 fully saturated rings. The van der Waals surface area contributed by atoms with Gasteiger partial charge >= 0.3 is 0 Å². The molecule has 0 heterocycles. The van der Waals surface area contributed by atoms with Crippen molar-refractivity contribution in [2.24, 2.45) is 10.9 Å². The van der Waals surface area contributed by atoms with Gasteiger partial charge in [0.15, 0.2) is 0 Å². The van der Waals surface area contributed by atoms with Gasteiger partial charge in [0.25, 0.3) is 0 Å². The SMILES string of the molecule is C=C(N=O)C(N)c1cc(C)c(F)cc1NC. The van der Waals surface area contributed by atoms with Gasteiger partial charge in [0.05, 0.1) is 11.7 Å². The van der Waals surface area contributed by atoms with Crippen LogP contribution < -0.4 is 11.1 Å². The largest absolute Gasteiger partial charge is 0.388 e. The van der Waals surface area contributed by atoms with Gasteiger partial charge in [-0.05, 0) is 35.4 Å². The second-order valence-corrected chi connectivity index (χ2v) is 3.50. The maximum absolute atomic E-state index is 13.3. The molecule has 0 radical (unpaired) electrons. The van der Waals surface area contributed by atoms with E-state index in [0.717, 1.165) is 0 Å². The van der Waals surface area contributed by atoms with Gasteiger partial charge < -0.3 is 11.1 Å². The smallest absolute Gasteiger partial charge is 0.128 e. The van der Waals surface area contributed by atoms with Crippen molar-refractivity contribution in [3.8, 4) is 0 Å². The number of hydrogen-bond acceptors (Lipinski definition) is 4. The van der Waals surface area contributed by atoms with Gasteiger partial charge in [0, 0.05) is 12.7 Å². The van der Waals surface area contributed by atoms with Crippen LogP contribution in [0.3, 0.4) is 0 Å². The lowest BCUT2D eigenvalue weighted by molar-refractivity contribution is 0.617. The first-order chi connectivity index (χ1) is 7.51. The minimum atomic E-state index is -0.723. The van der Waals surface area contributed by atoms with Gasteiger partial charge in [-0.25, -0.2) is 4.39 Å². The second-order valence-electron chi connectivity index (χ2n) is 3.50. The maximum Gasteiger partial charge on any atom is 0.128 e. The van der Waals surface area contributed by atoms with Gasteiger partial charge in [-0.1, -0.05) is 6.58 Å². The molecule has 0 amide bonds. The minimum Gasteiger partial charge on any atom is -0.388 e. The van der Waals surface area contributed by atoms with Crippen molar-refractivity contribution >= 4 is 5.69 Å². The molecule has 0 saturated carbocycles. The van der Waals surface area contributed by atoms with Crippen LogP contribution in [0.15, 0.2) is 29.6 Å². The number of benzene rings is 1. The topological polar surface area (TPSA) is 67.5 Å². The van der Waals surface area contributed by atoms with Crippen LogP contribution in [-0.4, -0.2) is 7.05 Å². The number of nitrogens with zero attached hydrogens (tertiary/aromatic N) is 1. The zero-order valence-corrected chi connectivity index (χ0v) is 9.25. The molecular weight excluding hydrogens is 209 g/mol. The van der Waals surface area contributed by atoms with E-state index in [-0.39, 0.29) is 11.5 Å². The number of nitrogens with one attached hydrogen (secondary N) is 1. The fraction of sp³-hybridized carbons (Fsp3) is 0.273. The minimum absolute atomic E-state index is 0.0162. The molecule has 0 bridgehead atoms. The Hall–Kier alpha value is -1.75. The molecule has 0 aliphatic heterocycles. The number of nitroso groups, excluding NO2 is 1. The van der Waals surface area contributed by atoms with Gasteiger partial charge in [0.1, 0.15) is 5.82 Å². The molecule has 86 valence electrons. The molecule has 0 spiro atoms. The third-order valence-electron chi connectivity index (χ3n) is 2.41. The summed E-state index contributed by atoms with van der Waals surface area (Å²) in [6.07, 6.45) is 0. The van der Waals surface area contributed by atoms with Gasteiger partial charge in [-0.3, -0.25) is 0 Å². The molecule has 16 heavy (non-hydrogen) atoms. The van der Waals surface area contributed by atoms with Crippen LogP contribution in [-0.2, 0) is 0 Å². The zero-order valence-electron chi connectivity index (χ0n) is 9.25. The molecule has 0 aliphatic carbocycles. The number of aryl methyl sites for hydroxylation is 1. The molecule has 0 aliphatic rings. The van der Waals surface area contributed by atoms with E-state index in [1.807, 2.05) is 0 Å². The van der Waals surface area contributed by atoms with Crippen LogP contribution in [0.1, 0.15) is 17.2 Å². The highest BCUT2D eigenvalue weighted by atomic mass is 19.1. The van der Waals surface area contributed by atoms with Crippen LogP contribution >= 0.6 is 0 Å². The van der Waals surface area contributed by atoms with Crippen molar-refractivity contribution in [1.29, 1.82) is 0 Å². The molecular formula is C11H14FN3O. The lowest BCUT2D eigenvalue weighted by Crippen LogP contribution is -2.14. The predicted octanol–water partition coefficient (Wildman–Crippen LogP) is 2.46. The molecule has 5 heteroatoms. The van der Waals surface area contributed by atoms with E-state index in [2.05, 4.69) is 17.1 Å². The molecule has 4 nitrogen and oxygen atoms in total. The summed E-state index contributed by atoms with van der Waals surface area (Å²) in [6, 6.07) is 2.20. The van der Waals surface area contributed by atoms with E-state index in [4.69, 9.17) is 5.73 Å². The highest BCUT2D eigenvalue weighted by Crippen LogP contribution is 2.28. The van der Waals surface area contributed by atoms with E-state index in [0.29, 0.717) is 16.8 Å². The van der Waals surface area contributed by atoms with Gasteiger partial charge in [0.2, 0.25) is 0 Å². The fourth-order valence-electron chi connectivity index (χ4n) is 1.41. The Morgan fingerprint density at radius 3 is 2.75 bits per heavy atom. The number of anilines is 1. The molecule has 0 saturated heterocycles. The predicted molar refractivity (Wildman–Crippen MR) is 62.5 cm³/mol. The molecule has 1 aromatic rings. The van der Waals surface area contributed by atoms with Crippen LogP contribution in [0.4, 0.5) is 10.1 Å². The average molecular weight is 223 g/mol. The van der Waals surface area contributed by atoms with E-state index in [1.54, 1.807) is 20.0 Å². The van der Waals surface area contributed by atoms with E-state index in [1.165, 1.54) is 6.07 Å². The fourth-order valence-corrected chi connectivity index (χ4v) is 1.41. The number of rotatable bonds is 4. The van der Waals surface area contributed by atoms with Crippen LogP contribution in [0.25, 0.3) is 0 Å². The Kier molecular flexibility index (Phi) is 3.73. The Labute approximate surface area is 93.3 Å². The van der Waals surface area contributed by atoms with Crippen molar-refractivity contribution in [3.05, 3.63) is 46.3 Å². The monoisotopic (exact) mass is 223 g/mol. The molecule has 1 unspecified atom stereocenters. The normalized spacial score (nSPS) is 12.0. The lowest BCUT2D eigenvalue weighted by atomic mass is 10.0. The first-order valence-electron chi connectivity index (χ1n) is 4.76. The van der Waals surface area contributed by atoms with E-state index >= 15 is 0 Å². The summed E-state index contributed by atoms with van der Waals surface area (Å²) in [5.41, 5.74) is 7.40. The summed E-state index contributed by atoms with van der Waals surface area (Å²) in [6.45, 7) is 5.08. The van der Waals surface area contributed by atoms with Gasteiger partial charge in [-0.15, -0.1) is 4.91 Å². The summed E-state index contributed by atoms with van der Waals surface area (Å²) in [5, 5.41) is 5.52. The molecule has 1 atom stereocenters. The van der Waals surface area contributed by atoms with E-state index in [9.17, 15) is 9.30 Å². The first-order valence-corrected chi connectivity index (χ1v) is 4.76. The second kappa shape index (κ2) is 4.85. The zero-order chi connectivity index (χ0) is 12.3. The highest BCUT2D eigenvalue weighted by molar-refractivity contribution is 5.55. The first kappa shape index (κ1) is 12.3. The summed E-state index contributed by atoms with van der Waals surface area (Å²) in [5.74, 6) is -0.329. The van der Waals surface area contributed by atoms with Crippen LogP contribution in [0, 0.1) is 17.6 Å². The van der Waals surface area contributed by atoms with Crippen LogP contribution in [0.2, 0.25) is 0 Å². The quantitative estimate of drug-likeness (QED) is 0.770. The number of nitrogens with two attached hydrogens (primary N) is 1. The van der Waals surface area contributed by atoms with Crippen molar-refractivity contribution in [1.82, 2.24) is 0 Å². The highest BCUT2D eigenvalue weighted by Gasteiger charge is 2.16. The molecule has 1 rings (SSSR count). The van der Waals surface area contributed by atoms with Crippen molar-refractivity contribution in [2.45, 2.75) is 13.0 Å². The standard InChI is InChI=1S/C11H14FN3O/c1-6-4-8(11(13)7(2)15-16)10(14-3)5-9(6)12/h4-5,11,14H,2,13H2,1,3H3. The molecule has 0 aromatic heterocycles. The Balaban J connectivity index is 3.26. The number of hydrogen-bond donors (Lipinski definition) is 2. The van der Waals surface area contributed by atoms with E-state index < -0.39 is 6.04 Å². The summed E-state index contributed by atoms with van der Waals surface area (Å²) >= 11 is 0. The Morgan fingerprint density at radius 2 is 2.25 bits per heavy atom. The summed E-state index contributed by atoms with van der Waals surface area (Å²) < 4.78 is 13.3. The van der Waals surface area contributed by atoms with Crippen LogP contribution in [0.5, 0.6) is 0 Å². The Morgan fingerprint density at radius 1 is 1.62 bits per heavy atom. The third-order valence-corrected chi connectivity index (χ3v) is 2.41. The van der Waals surface area contributed by atoms with Crippen molar-refractivity contribution in [2.75, 3.05) is 12.4 Å². The summed E-state index contributed by atoms with van der Waals surface area (Å²) in [4.78, 5) is 10.3. The summed E-state index contributed by atoms with van der Waals surface area (Å²) in [7, 11) is 1.65. The lowest BCUT2D eigenvalue weighted by Gasteiger charge is -2.16. The average Bonchev–Trinajstić information content (AvgIpc) is 2.30. The van der Waals surface area contributed by atoms with Crippen molar-refractivity contribution < 1.29 is 4.39 Å². The van der Waals surface area contributed by atoms with Gasteiger partial charge in [-0.2, -0.15) is 0 Å². The Bertz CT molecular complexity index is 431. The number of halogens is 1. The van der Waals surface area contributed by atoms with Crippen molar-refractivity contribution in [3.63, 3.8) is 0 Å². The third kappa shape index (κ3) is 2.25. The molecule has 3 N–H and O–H groups in total.